The van der Waals surface area contributed by atoms with Crippen LogP contribution in [0.3, 0.4) is 0 Å². The number of amides is 1. The molecule has 0 bridgehead atoms. The Balaban J connectivity index is 0.00000210. The standard InChI is InChI=1S/C21H32ClN3O2.2ClH/c1-21(2,3)14-24-9-7-17(8-10-24)27-19-5-4-15(12-18(19)22)20(26)25-11-6-16(23)13-25;;/h4-5,12,16-17H,6-11,13-14,23H2,1-3H3;2*1H. The number of piperidine rings is 1. The van der Waals surface area contributed by atoms with Crippen molar-refractivity contribution in [3.05, 3.63) is 28.8 Å². The van der Waals surface area contributed by atoms with Gasteiger partial charge in [-0.05, 0) is 42.9 Å². The zero-order valence-electron chi connectivity index (χ0n) is 17.5. The van der Waals surface area contributed by atoms with Gasteiger partial charge in [0.05, 0.1) is 5.02 Å². The van der Waals surface area contributed by atoms with E-state index in [-0.39, 0.29) is 42.9 Å². The Labute approximate surface area is 192 Å². The summed E-state index contributed by atoms with van der Waals surface area (Å²) in [6.07, 6.45) is 3.03. The maximum absolute atomic E-state index is 12.6. The quantitative estimate of drug-likeness (QED) is 0.721. The molecule has 166 valence electrons. The fourth-order valence-electron chi connectivity index (χ4n) is 3.92. The Morgan fingerprint density at radius 1 is 1.17 bits per heavy atom. The van der Waals surface area contributed by atoms with Crippen molar-refractivity contribution in [2.75, 3.05) is 32.7 Å². The highest BCUT2D eigenvalue weighted by atomic mass is 35.5. The number of nitrogens with two attached hydrogens (primary N) is 1. The lowest BCUT2D eigenvalue weighted by molar-refractivity contribution is 0.0788. The Bertz CT molecular complexity index is 674. The van der Waals surface area contributed by atoms with Crippen LogP contribution in [0.1, 0.15) is 50.4 Å². The highest BCUT2D eigenvalue weighted by molar-refractivity contribution is 6.32. The molecule has 2 fully saturated rings. The maximum Gasteiger partial charge on any atom is 0.253 e. The highest BCUT2D eigenvalue weighted by Crippen LogP contribution is 2.29. The van der Waals surface area contributed by atoms with Crippen molar-refractivity contribution in [3.8, 4) is 5.75 Å². The average molecular weight is 467 g/mol. The van der Waals surface area contributed by atoms with Crippen molar-refractivity contribution < 1.29 is 9.53 Å². The Hall–Kier alpha value is -0.720. The molecule has 0 spiro atoms. The third-order valence-electron chi connectivity index (χ3n) is 5.22. The maximum atomic E-state index is 12.6. The number of hydrogen-bond donors (Lipinski definition) is 1. The second-order valence-electron chi connectivity index (χ2n) is 9.10. The van der Waals surface area contributed by atoms with E-state index in [0.717, 1.165) is 38.9 Å². The molecule has 0 radical (unpaired) electrons. The average Bonchev–Trinajstić information content (AvgIpc) is 3.03. The third-order valence-corrected chi connectivity index (χ3v) is 5.51. The summed E-state index contributed by atoms with van der Waals surface area (Å²) < 4.78 is 6.14. The smallest absolute Gasteiger partial charge is 0.253 e. The topological polar surface area (TPSA) is 58.8 Å². The molecule has 1 amide bonds. The summed E-state index contributed by atoms with van der Waals surface area (Å²) in [6, 6.07) is 5.43. The minimum atomic E-state index is -0.00751. The van der Waals surface area contributed by atoms with E-state index in [9.17, 15) is 4.79 Å². The molecule has 2 saturated heterocycles. The van der Waals surface area contributed by atoms with Gasteiger partial charge in [-0.3, -0.25) is 4.79 Å². The van der Waals surface area contributed by atoms with E-state index in [4.69, 9.17) is 22.1 Å². The number of benzene rings is 1. The number of nitrogens with zero attached hydrogens (tertiary/aromatic N) is 2. The van der Waals surface area contributed by atoms with Crippen molar-refractivity contribution in [1.82, 2.24) is 9.80 Å². The summed E-state index contributed by atoms with van der Waals surface area (Å²) in [4.78, 5) is 16.9. The number of carbonyl (C=O) groups is 1. The van der Waals surface area contributed by atoms with Gasteiger partial charge in [0.15, 0.2) is 0 Å². The summed E-state index contributed by atoms with van der Waals surface area (Å²) in [5.41, 5.74) is 6.82. The van der Waals surface area contributed by atoms with E-state index in [1.54, 1.807) is 11.0 Å². The molecule has 2 N–H and O–H groups in total. The number of rotatable bonds is 4. The van der Waals surface area contributed by atoms with Gasteiger partial charge in [-0.25, -0.2) is 0 Å². The van der Waals surface area contributed by atoms with Crippen molar-refractivity contribution in [1.29, 1.82) is 0 Å². The van der Waals surface area contributed by atoms with Gasteiger partial charge in [0.25, 0.3) is 5.91 Å². The molecular formula is C21H34Cl3N3O2. The van der Waals surface area contributed by atoms with Crippen LogP contribution in [0.25, 0.3) is 0 Å². The molecule has 3 rings (SSSR count). The minimum absolute atomic E-state index is 0. The van der Waals surface area contributed by atoms with Crippen LogP contribution in [0.2, 0.25) is 5.02 Å². The third kappa shape index (κ3) is 7.48. The first kappa shape index (κ1) is 26.3. The van der Waals surface area contributed by atoms with E-state index in [2.05, 4.69) is 25.7 Å². The molecule has 0 saturated carbocycles. The number of likely N-dealkylation sites (tertiary alicyclic amines) is 2. The monoisotopic (exact) mass is 465 g/mol. The van der Waals surface area contributed by atoms with E-state index in [1.165, 1.54) is 0 Å². The first-order valence-electron chi connectivity index (χ1n) is 9.95. The lowest BCUT2D eigenvalue weighted by Crippen LogP contribution is -2.42. The van der Waals surface area contributed by atoms with E-state index in [0.29, 0.717) is 34.8 Å². The van der Waals surface area contributed by atoms with Crippen molar-refractivity contribution >= 4 is 42.3 Å². The van der Waals surface area contributed by atoms with Crippen molar-refractivity contribution in [2.24, 2.45) is 11.1 Å². The summed E-state index contributed by atoms with van der Waals surface area (Å²) in [5.74, 6) is 0.660. The van der Waals surface area contributed by atoms with Crippen molar-refractivity contribution in [3.63, 3.8) is 0 Å². The van der Waals surface area contributed by atoms with Gasteiger partial charge in [-0.15, -0.1) is 24.8 Å². The largest absolute Gasteiger partial charge is 0.489 e. The summed E-state index contributed by atoms with van der Waals surface area (Å²) in [5, 5.41) is 0.501. The Morgan fingerprint density at radius 2 is 1.83 bits per heavy atom. The van der Waals surface area contributed by atoms with Crippen LogP contribution in [0.5, 0.6) is 5.75 Å². The van der Waals surface area contributed by atoms with Gasteiger partial charge in [0, 0.05) is 44.3 Å². The molecule has 2 heterocycles. The number of carbonyl (C=O) groups excluding carboxylic acids is 1. The second-order valence-corrected chi connectivity index (χ2v) is 9.51. The SMILES string of the molecule is CC(C)(C)CN1CCC(Oc2ccc(C(=O)N3CCC(N)C3)cc2Cl)CC1.Cl.Cl. The van der Waals surface area contributed by atoms with Gasteiger partial charge >= 0.3 is 0 Å². The van der Waals surface area contributed by atoms with E-state index < -0.39 is 0 Å². The molecule has 1 aromatic rings. The normalized spacial score (nSPS) is 20.7. The fraction of sp³-hybridized carbons (Fsp3) is 0.667. The van der Waals surface area contributed by atoms with Crippen LogP contribution in [-0.4, -0.2) is 60.6 Å². The van der Waals surface area contributed by atoms with Crippen LogP contribution in [-0.2, 0) is 0 Å². The molecule has 1 aromatic carbocycles. The zero-order valence-corrected chi connectivity index (χ0v) is 19.9. The molecule has 0 aromatic heterocycles. The van der Waals surface area contributed by atoms with Gasteiger partial charge in [0.1, 0.15) is 11.9 Å². The first-order valence-corrected chi connectivity index (χ1v) is 10.3. The minimum Gasteiger partial charge on any atom is -0.489 e. The number of halogens is 3. The summed E-state index contributed by atoms with van der Waals surface area (Å²) in [6.45, 7) is 11.3. The molecule has 5 nitrogen and oxygen atoms in total. The van der Waals surface area contributed by atoms with Gasteiger partial charge in [-0.1, -0.05) is 32.4 Å². The lowest BCUT2D eigenvalue weighted by atomic mass is 9.94. The van der Waals surface area contributed by atoms with Crippen LogP contribution >= 0.6 is 36.4 Å². The highest BCUT2D eigenvalue weighted by Gasteiger charge is 2.26. The number of ether oxygens (including phenoxy) is 1. The van der Waals surface area contributed by atoms with Crippen LogP contribution in [0.15, 0.2) is 18.2 Å². The zero-order chi connectivity index (χ0) is 19.6. The fourth-order valence-corrected chi connectivity index (χ4v) is 4.14. The van der Waals surface area contributed by atoms with Gasteiger partial charge < -0.3 is 20.3 Å². The molecule has 2 aliphatic rings. The van der Waals surface area contributed by atoms with Gasteiger partial charge in [-0.2, -0.15) is 0 Å². The molecule has 0 aliphatic carbocycles. The molecule has 2 aliphatic heterocycles. The lowest BCUT2D eigenvalue weighted by Gasteiger charge is -2.36. The predicted molar refractivity (Wildman–Crippen MR) is 124 cm³/mol. The van der Waals surface area contributed by atoms with Crippen molar-refractivity contribution in [2.45, 2.75) is 52.2 Å². The van der Waals surface area contributed by atoms with Crippen LogP contribution < -0.4 is 10.5 Å². The van der Waals surface area contributed by atoms with Crippen LogP contribution in [0, 0.1) is 5.41 Å². The van der Waals surface area contributed by atoms with E-state index >= 15 is 0 Å². The molecule has 8 heteroatoms. The number of hydrogen-bond acceptors (Lipinski definition) is 4. The van der Waals surface area contributed by atoms with Gasteiger partial charge in [0.2, 0.25) is 0 Å². The molecule has 1 unspecified atom stereocenters. The Kier molecular flexibility index (Phi) is 10.0. The summed E-state index contributed by atoms with van der Waals surface area (Å²) >= 11 is 6.41. The second kappa shape index (κ2) is 11.1. The van der Waals surface area contributed by atoms with Crippen LogP contribution in [0.4, 0.5) is 0 Å². The first-order chi connectivity index (χ1) is 12.7. The Morgan fingerprint density at radius 3 is 2.34 bits per heavy atom. The molecule has 1 atom stereocenters. The van der Waals surface area contributed by atoms with E-state index in [1.807, 2.05) is 12.1 Å². The molecular weight excluding hydrogens is 433 g/mol. The summed E-state index contributed by atoms with van der Waals surface area (Å²) in [7, 11) is 0. The predicted octanol–water partition coefficient (Wildman–Crippen LogP) is 4.25. The molecule has 29 heavy (non-hydrogen) atoms.